The Bertz CT molecular complexity index is 345. The van der Waals surface area contributed by atoms with Gasteiger partial charge in [-0.2, -0.15) is 5.10 Å². The van der Waals surface area contributed by atoms with Crippen LogP contribution < -0.4 is 11.2 Å². The zero-order valence-electron chi connectivity index (χ0n) is 7.24. The fourth-order valence-electron chi connectivity index (χ4n) is 0.755. The summed E-state index contributed by atoms with van der Waals surface area (Å²) < 4.78 is 3.74. The van der Waals surface area contributed by atoms with Crippen LogP contribution in [-0.2, 0) is 0 Å². The van der Waals surface area contributed by atoms with Gasteiger partial charge in [-0.1, -0.05) is 4.49 Å². The number of aromatic nitrogens is 2. The van der Waals surface area contributed by atoms with E-state index in [9.17, 15) is 4.79 Å². The lowest BCUT2D eigenvalue weighted by atomic mass is 10.3. The Labute approximate surface area is 79.0 Å². The molecule has 0 saturated heterocycles. The number of primary amides is 1. The Morgan fingerprint density at radius 2 is 2.38 bits per heavy atom. The van der Waals surface area contributed by atoms with E-state index < -0.39 is 6.03 Å². The maximum absolute atomic E-state index is 10.3. The van der Waals surface area contributed by atoms with E-state index in [1.165, 1.54) is 11.5 Å². The molecule has 0 aliphatic heterocycles. The quantitative estimate of drug-likeness (QED) is 0.527. The summed E-state index contributed by atoms with van der Waals surface area (Å²) in [5.74, 6) is 0. The zero-order chi connectivity index (χ0) is 9.84. The third-order valence-corrected chi connectivity index (χ3v) is 1.96. The molecule has 0 aromatic carbocycles. The topological polar surface area (TPSA) is 93.3 Å². The second-order valence-corrected chi connectivity index (χ2v) is 3.31. The van der Waals surface area contributed by atoms with Crippen LogP contribution in [0.5, 0.6) is 0 Å². The molecule has 1 heterocycles. The van der Waals surface area contributed by atoms with Crippen LogP contribution >= 0.6 is 11.5 Å². The first-order chi connectivity index (χ1) is 6.11. The van der Waals surface area contributed by atoms with Crippen LogP contribution in [0.15, 0.2) is 5.10 Å². The maximum Gasteiger partial charge on any atom is 0.332 e. The molecular weight excluding hydrogens is 190 g/mol. The number of nitrogens with two attached hydrogens (primary N) is 1. The molecule has 0 aliphatic carbocycles. The fraction of sp³-hybridized carbons (Fsp3) is 0.333. The molecule has 70 valence electrons. The van der Waals surface area contributed by atoms with E-state index in [4.69, 9.17) is 5.73 Å². The van der Waals surface area contributed by atoms with Gasteiger partial charge in [-0.3, -0.25) is 0 Å². The molecule has 0 fully saturated rings. The number of nitrogens with one attached hydrogen (secondary N) is 1. The molecule has 0 aliphatic rings. The molecular formula is C6H9N5OS. The summed E-state index contributed by atoms with van der Waals surface area (Å²) in [5, 5.41) is 7.56. The van der Waals surface area contributed by atoms with Crippen molar-refractivity contribution in [1.82, 2.24) is 15.0 Å². The third kappa shape index (κ3) is 2.48. The zero-order valence-corrected chi connectivity index (χ0v) is 8.05. The van der Waals surface area contributed by atoms with Crippen LogP contribution in [0, 0.1) is 6.92 Å². The number of aryl methyl sites for hydroxylation is 1. The van der Waals surface area contributed by atoms with E-state index in [0.29, 0.717) is 11.4 Å². The smallest absolute Gasteiger partial charge is 0.332 e. The first kappa shape index (κ1) is 9.59. The van der Waals surface area contributed by atoms with Gasteiger partial charge in [0.05, 0.1) is 10.6 Å². The van der Waals surface area contributed by atoms with Crippen LogP contribution in [0.3, 0.4) is 0 Å². The van der Waals surface area contributed by atoms with E-state index in [-0.39, 0.29) is 0 Å². The Kier molecular flexibility index (Phi) is 2.91. The minimum Gasteiger partial charge on any atom is -0.350 e. The summed E-state index contributed by atoms with van der Waals surface area (Å²) in [6, 6.07) is -0.694. The van der Waals surface area contributed by atoms with Gasteiger partial charge in [0.2, 0.25) is 0 Å². The molecule has 0 atom stereocenters. The van der Waals surface area contributed by atoms with Gasteiger partial charge in [-0.05, 0) is 25.4 Å². The first-order valence-corrected chi connectivity index (χ1v) is 4.27. The minimum absolute atomic E-state index is 0.588. The highest BCUT2D eigenvalue weighted by molar-refractivity contribution is 7.05. The molecule has 0 saturated carbocycles. The highest BCUT2D eigenvalue weighted by atomic mass is 32.1. The molecule has 6 nitrogen and oxygen atoms in total. The SMILES string of the molecule is C/C(=N\NC(N)=O)c1nnsc1C. The average Bonchev–Trinajstić information content (AvgIpc) is 2.47. The number of carbonyl (C=O) groups is 1. The van der Waals surface area contributed by atoms with Crippen LogP contribution in [0.4, 0.5) is 4.79 Å². The van der Waals surface area contributed by atoms with Crippen LogP contribution in [-0.4, -0.2) is 21.3 Å². The van der Waals surface area contributed by atoms with Crippen molar-refractivity contribution in [2.24, 2.45) is 10.8 Å². The van der Waals surface area contributed by atoms with Gasteiger partial charge < -0.3 is 5.73 Å². The van der Waals surface area contributed by atoms with Gasteiger partial charge in [0.25, 0.3) is 0 Å². The van der Waals surface area contributed by atoms with Gasteiger partial charge >= 0.3 is 6.03 Å². The van der Waals surface area contributed by atoms with Gasteiger partial charge in [0.15, 0.2) is 0 Å². The van der Waals surface area contributed by atoms with E-state index in [0.717, 1.165) is 4.88 Å². The number of nitrogens with zero attached hydrogens (tertiary/aromatic N) is 3. The van der Waals surface area contributed by atoms with Crippen molar-refractivity contribution < 1.29 is 4.79 Å². The van der Waals surface area contributed by atoms with Crippen molar-refractivity contribution >= 4 is 23.3 Å². The maximum atomic E-state index is 10.3. The lowest BCUT2D eigenvalue weighted by Gasteiger charge is -1.96. The van der Waals surface area contributed by atoms with Gasteiger partial charge in [0, 0.05) is 0 Å². The molecule has 0 radical (unpaired) electrons. The number of hydrogen-bond acceptors (Lipinski definition) is 5. The van der Waals surface area contributed by atoms with E-state index >= 15 is 0 Å². The van der Waals surface area contributed by atoms with Crippen LogP contribution in [0.2, 0.25) is 0 Å². The van der Waals surface area contributed by atoms with Crippen molar-refractivity contribution in [3.63, 3.8) is 0 Å². The lowest BCUT2D eigenvalue weighted by molar-refractivity contribution is 0.249. The number of hydrazone groups is 1. The molecule has 1 rings (SSSR count). The Morgan fingerprint density at radius 3 is 2.85 bits per heavy atom. The third-order valence-electron chi connectivity index (χ3n) is 1.33. The minimum atomic E-state index is -0.694. The van der Waals surface area contributed by atoms with Gasteiger partial charge in [-0.15, -0.1) is 5.10 Å². The van der Waals surface area contributed by atoms with Crippen LogP contribution in [0.25, 0.3) is 0 Å². The monoisotopic (exact) mass is 199 g/mol. The molecule has 1 aromatic heterocycles. The second kappa shape index (κ2) is 3.94. The van der Waals surface area contributed by atoms with Crippen molar-refractivity contribution in [3.8, 4) is 0 Å². The number of amides is 2. The lowest BCUT2D eigenvalue weighted by Crippen LogP contribution is -2.25. The van der Waals surface area contributed by atoms with Gasteiger partial charge in [-0.25, -0.2) is 10.2 Å². The van der Waals surface area contributed by atoms with Crippen LogP contribution in [0.1, 0.15) is 17.5 Å². The number of urea groups is 1. The van der Waals surface area contributed by atoms with E-state index in [1.807, 2.05) is 6.92 Å². The fourth-order valence-corrected chi connectivity index (χ4v) is 1.28. The molecule has 3 N–H and O–H groups in total. The first-order valence-electron chi connectivity index (χ1n) is 3.50. The molecule has 1 aromatic rings. The van der Waals surface area contributed by atoms with Crippen molar-refractivity contribution in [2.75, 3.05) is 0 Å². The van der Waals surface area contributed by atoms with Crippen molar-refractivity contribution in [3.05, 3.63) is 10.6 Å². The van der Waals surface area contributed by atoms with E-state index in [1.54, 1.807) is 6.92 Å². The van der Waals surface area contributed by atoms with Crippen molar-refractivity contribution in [2.45, 2.75) is 13.8 Å². The Morgan fingerprint density at radius 1 is 1.69 bits per heavy atom. The molecule has 0 spiro atoms. The summed E-state index contributed by atoms with van der Waals surface area (Å²) in [6.45, 7) is 3.60. The predicted molar refractivity (Wildman–Crippen MR) is 49.6 cm³/mol. The Balaban J connectivity index is 2.78. The number of rotatable bonds is 2. The summed E-state index contributed by atoms with van der Waals surface area (Å²) in [4.78, 5) is 11.3. The van der Waals surface area contributed by atoms with E-state index in [2.05, 4.69) is 20.1 Å². The molecule has 13 heavy (non-hydrogen) atoms. The average molecular weight is 199 g/mol. The normalized spacial score (nSPS) is 11.4. The number of hydrogen-bond donors (Lipinski definition) is 2. The summed E-state index contributed by atoms with van der Waals surface area (Å²) in [6.07, 6.45) is 0. The standard InChI is InChI=1S/C6H9N5OS/c1-3(8-10-6(7)12)5-4(2)13-11-9-5/h1-2H3,(H3,7,10,12)/b8-3+. The second-order valence-electron chi connectivity index (χ2n) is 2.35. The molecule has 0 unspecified atom stereocenters. The highest BCUT2D eigenvalue weighted by Crippen LogP contribution is 2.08. The highest BCUT2D eigenvalue weighted by Gasteiger charge is 2.06. The van der Waals surface area contributed by atoms with Gasteiger partial charge in [0.1, 0.15) is 5.69 Å². The Hall–Kier alpha value is -1.50. The van der Waals surface area contributed by atoms with Crippen molar-refractivity contribution in [1.29, 1.82) is 0 Å². The molecule has 0 bridgehead atoms. The molecule has 2 amide bonds. The summed E-state index contributed by atoms with van der Waals surface area (Å²) in [5.41, 5.74) is 8.23. The predicted octanol–water partition coefficient (Wildman–Crippen LogP) is 0.239. The summed E-state index contributed by atoms with van der Waals surface area (Å²) >= 11 is 1.28. The molecule has 7 heteroatoms. The summed E-state index contributed by atoms with van der Waals surface area (Å²) in [7, 11) is 0. The largest absolute Gasteiger partial charge is 0.350 e. The number of carbonyl (C=O) groups excluding carboxylic acids is 1.